The summed E-state index contributed by atoms with van der Waals surface area (Å²) < 4.78 is 5.95. The maximum Gasteiger partial charge on any atom is 0.290 e. The highest BCUT2D eigenvalue weighted by Crippen LogP contribution is 2.30. The number of carbonyl (C=O) groups excluding carboxylic acids is 2. The second-order valence-corrected chi connectivity index (χ2v) is 7.70. The molecule has 0 saturated carbocycles. The van der Waals surface area contributed by atoms with Gasteiger partial charge in [0.2, 0.25) is 0 Å². The lowest BCUT2D eigenvalue weighted by Crippen LogP contribution is -2.17. The number of nitrogens with one attached hydrogen (secondary N) is 1. The van der Waals surface area contributed by atoms with Crippen LogP contribution < -0.4 is 10.1 Å². The Balaban J connectivity index is 1.79. The van der Waals surface area contributed by atoms with Crippen molar-refractivity contribution in [2.45, 2.75) is 20.5 Å². The molecule has 2 amide bonds. The number of amides is 2. The van der Waals surface area contributed by atoms with Crippen LogP contribution in [0.1, 0.15) is 22.3 Å². The molecule has 26 heavy (non-hydrogen) atoms. The summed E-state index contributed by atoms with van der Waals surface area (Å²) in [6.45, 7) is 4.24. The first-order valence-corrected chi connectivity index (χ1v) is 9.33. The van der Waals surface area contributed by atoms with Gasteiger partial charge in [-0.2, -0.15) is 0 Å². The lowest BCUT2D eigenvalue weighted by molar-refractivity contribution is -0.115. The van der Waals surface area contributed by atoms with E-state index < -0.39 is 0 Å². The molecule has 1 N–H and O–H groups in total. The van der Waals surface area contributed by atoms with Crippen molar-refractivity contribution in [3.8, 4) is 5.75 Å². The number of rotatable bonds is 4. The predicted octanol–water partition coefficient (Wildman–Crippen LogP) is 5.51. The van der Waals surface area contributed by atoms with Gasteiger partial charge in [0.25, 0.3) is 11.1 Å². The number of thioether (sulfide) groups is 1. The zero-order valence-corrected chi connectivity index (χ0v) is 16.4. The van der Waals surface area contributed by atoms with Crippen LogP contribution in [0.4, 0.5) is 4.79 Å². The molecule has 1 heterocycles. The molecule has 2 aromatic rings. The summed E-state index contributed by atoms with van der Waals surface area (Å²) in [5.74, 6) is 0.410. The fourth-order valence-electron chi connectivity index (χ4n) is 2.65. The third-order valence-electron chi connectivity index (χ3n) is 3.79. The zero-order chi connectivity index (χ0) is 18.8. The molecule has 0 bridgehead atoms. The molecule has 1 saturated heterocycles. The Morgan fingerprint density at radius 3 is 2.35 bits per heavy atom. The van der Waals surface area contributed by atoms with Crippen LogP contribution in [-0.2, 0) is 11.4 Å². The Kier molecular flexibility index (Phi) is 5.61. The molecule has 0 spiro atoms. The van der Waals surface area contributed by atoms with E-state index in [-0.39, 0.29) is 11.1 Å². The molecule has 0 aromatic heterocycles. The lowest BCUT2D eigenvalue weighted by Gasteiger charge is -2.14. The smallest absolute Gasteiger partial charge is 0.290 e. The Bertz CT molecular complexity index is 917. The number of benzene rings is 2. The normalized spacial score (nSPS) is 15.5. The highest BCUT2D eigenvalue weighted by Gasteiger charge is 2.25. The fourth-order valence-corrected chi connectivity index (χ4v) is 3.65. The van der Waals surface area contributed by atoms with Crippen molar-refractivity contribution in [3.05, 3.63) is 67.5 Å². The molecule has 4 nitrogen and oxygen atoms in total. The quantitative estimate of drug-likeness (QED) is 0.678. The first-order valence-electron chi connectivity index (χ1n) is 7.76. The minimum absolute atomic E-state index is 0.351. The van der Waals surface area contributed by atoms with Crippen molar-refractivity contribution in [2.75, 3.05) is 0 Å². The molecule has 1 aliphatic rings. The first-order chi connectivity index (χ1) is 12.3. The van der Waals surface area contributed by atoms with Crippen molar-refractivity contribution in [3.63, 3.8) is 0 Å². The fraction of sp³-hybridized carbons (Fsp3) is 0.158. The van der Waals surface area contributed by atoms with E-state index in [1.807, 2.05) is 32.0 Å². The van der Waals surface area contributed by atoms with E-state index in [9.17, 15) is 9.59 Å². The minimum atomic E-state index is -0.366. The van der Waals surface area contributed by atoms with Gasteiger partial charge in [-0.05, 0) is 78.2 Å². The molecule has 134 valence electrons. The van der Waals surface area contributed by atoms with Gasteiger partial charge in [-0.3, -0.25) is 14.9 Å². The van der Waals surface area contributed by atoms with Gasteiger partial charge >= 0.3 is 0 Å². The van der Waals surface area contributed by atoms with Crippen LogP contribution in [0.15, 0.2) is 35.2 Å². The summed E-state index contributed by atoms with van der Waals surface area (Å²) in [5, 5.41) is 2.89. The summed E-state index contributed by atoms with van der Waals surface area (Å²) in [5.41, 5.74) is 3.63. The van der Waals surface area contributed by atoms with Crippen LogP contribution in [0.3, 0.4) is 0 Å². The molecular weight excluding hydrogens is 393 g/mol. The van der Waals surface area contributed by atoms with Crippen molar-refractivity contribution < 1.29 is 14.3 Å². The Labute approximate surface area is 165 Å². The number of carbonyl (C=O) groups is 2. The number of aryl methyl sites for hydroxylation is 2. The monoisotopic (exact) mass is 407 g/mol. The number of hydrogen-bond acceptors (Lipinski definition) is 4. The number of imide groups is 1. The predicted molar refractivity (Wildman–Crippen MR) is 106 cm³/mol. The molecule has 1 aliphatic heterocycles. The van der Waals surface area contributed by atoms with Crippen LogP contribution in [0.25, 0.3) is 6.08 Å². The average molecular weight is 408 g/mol. The molecule has 0 unspecified atom stereocenters. The zero-order valence-electron chi connectivity index (χ0n) is 14.1. The maximum absolute atomic E-state index is 11.7. The third-order valence-corrected chi connectivity index (χ3v) is 5.34. The second kappa shape index (κ2) is 7.74. The van der Waals surface area contributed by atoms with Crippen LogP contribution in [0.2, 0.25) is 10.0 Å². The standard InChI is InChI=1S/C19H15Cl2NO3S/c1-10-5-13(8-16-18(23)22-19(24)26-16)6-11(2)17(10)25-9-12-3-4-14(20)15(21)7-12/h3-8H,9H2,1-2H3,(H,22,23,24)/b16-8+. The molecule has 3 rings (SSSR count). The van der Waals surface area contributed by atoms with Crippen molar-refractivity contribution in [1.29, 1.82) is 0 Å². The van der Waals surface area contributed by atoms with Crippen LogP contribution >= 0.6 is 35.0 Å². The largest absolute Gasteiger partial charge is 0.488 e. The summed E-state index contributed by atoms with van der Waals surface area (Å²) in [4.78, 5) is 23.3. The van der Waals surface area contributed by atoms with Crippen molar-refractivity contribution >= 4 is 52.2 Å². The van der Waals surface area contributed by atoms with Crippen molar-refractivity contribution in [2.24, 2.45) is 0 Å². The molecular formula is C19H15Cl2NO3S. The van der Waals surface area contributed by atoms with Gasteiger partial charge < -0.3 is 4.74 Å². The molecule has 0 atom stereocenters. The highest BCUT2D eigenvalue weighted by molar-refractivity contribution is 8.18. The van der Waals surface area contributed by atoms with Crippen LogP contribution in [-0.4, -0.2) is 11.1 Å². The van der Waals surface area contributed by atoms with E-state index in [1.165, 1.54) is 0 Å². The summed E-state index contributed by atoms with van der Waals surface area (Å²) in [6, 6.07) is 9.22. The SMILES string of the molecule is Cc1cc(/C=C2/SC(=O)NC2=O)cc(C)c1OCc1ccc(Cl)c(Cl)c1. The average Bonchev–Trinajstić information content (AvgIpc) is 2.87. The first kappa shape index (κ1) is 18.8. The van der Waals surface area contributed by atoms with Gasteiger partial charge in [0.05, 0.1) is 15.0 Å². The number of hydrogen-bond donors (Lipinski definition) is 1. The van der Waals surface area contributed by atoms with E-state index >= 15 is 0 Å². The van der Waals surface area contributed by atoms with E-state index in [1.54, 1.807) is 18.2 Å². The Hall–Kier alpha value is -1.95. The number of halogens is 2. The summed E-state index contributed by atoms with van der Waals surface area (Å²) >= 11 is 12.9. The minimum Gasteiger partial charge on any atom is -0.488 e. The molecule has 7 heteroatoms. The summed E-state index contributed by atoms with van der Waals surface area (Å²) in [7, 11) is 0. The van der Waals surface area contributed by atoms with Gasteiger partial charge in [0.15, 0.2) is 0 Å². The van der Waals surface area contributed by atoms with Gasteiger partial charge in [0, 0.05) is 0 Å². The Morgan fingerprint density at radius 1 is 1.08 bits per heavy atom. The van der Waals surface area contributed by atoms with E-state index in [0.29, 0.717) is 21.6 Å². The number of ether oxygens (including phenoxy) is 1. The van der Waals surface area contributed by atoms with Gasteiger partial charge in [0.1, 0.15) is 12.4 Å². The third kappa shape index (κ3) is 4.23. The maximum atomic E-state index is 11.7. The molecule has 0 aliphatic carbocycles. The van der Waals surface area contributed by atoms with Crippen LogP contribution in [0.5, 0.6) is 5.75 Å². The molecule has 2 aromatic carbocycles. The van der Waals surface area contributed by atoms with Crippen LogP contribution in [0, 0.1) is 13.8 Å². The highest BCUT2D eigenvalue weighted by atomic mass is 35.5. The van der Waals surface area contributed by atoms with E-state index in [2.05, 4.69) is 5.32 Å². The van der Waals surface area contributed by atoms with E-state index in [0.717, 1.165) is 39.8 Å². The van der Waals surface area contributed by atoms with Gasteiger partial charge in [-0.25, -0.2) is 0 Å². The second-order valence-electron chi connectivity index (χ2n) is 5.87. The van der Waals surface area contributed by atoms with Gasteiger partial charge in [-0.15, -0.1) is 0 Å². The summed E-state index contributed by atoms with van der Waals surface area (Å²) in [6.07, 6.45) is 1.70. The Morgan fingerprint density at radius 2 is 1.77 bits per heavy atom. The van der Waals surface area contributed by atoms with E-state index in [4.69, 9.17) is 27.9 Å². The van der Waals surface area contributed by atoms with Crippen molar-refractivity contribution in [1.82, 2.24) is 5.32 Å². The lowest BCUT2D eigenvalue weighted by atomic mass is 10.0. The topological polar surface area (TPSA) is 55.4 Å². The molecule has 0 radical (unpaired) electrons. The van der Waals surface area contributed by atoms with Gasteiger partial charge in [-0.1, -0.05) is 29.3 Å². The molecule has 1 fully saturated rings.